The molecular weight excluding hydrogens is 1060 g/mol. The molecule has 0 spiro atoms. The number of nitrogens with one attached hydrogen (secondary N) is 4. The molecule has 452 valence electrons. The highest BCUT2D eigenvalue weighted by atomic mass is 32.2. The highest BCUT2D eigenvalue weighted by Gasteiger charge is 2.25. The molecule has 0 atom stereocenters. The standard InChI is InChI=1S/C31H45N3O5S.C27H38N2O5S.C3H9N.C2H6/c1-30(2,3)29(36)33-24-9-11-25(23(20-24)21-40-31(4,5)6)39-27-18-22(8-10-26(27)37-7)19-28(35)32-12-13-34-14-16-38-17-15-34;1-26(2,3)25(31)29-20-9-11-21(19(16-20)17-35-27(4,5)6)34-23-14-18(8-10-22(23)32-7)15-24(30)33-13-12-28;1-4(2)3;1-2/h8-11,18,20H,12-17,19,21H2,1-7H3,(H,32,35)(H,33,36);8-11,14,16H,12-13,15,17,28H2,1-7H3,(H,29,31);1-3H3;1-2H3/p+1. The van der Waals surface area contributed by atoms with Gasteiger partial charge in [-0.15, -0.1) is 0 Å². The number of benzene rings is 4. The van der Waals surface area contributed by atoms with E-state index in [4.69, 9.17) is 34.2 Å². The first-order chi connectivity index (χ1) is 37.9. The first kappa shape index (κ1) is 71.6. The number of hydrogen-bond donors (Lipinski definition) is 5. The second kappa shape index (κ2) is 34.8. The summed E-state index contributed by atoms with van der Waals surface area (Å²) >= 11 is 3.57. The van der Waals surface area contributed by atoms with Gasteiger partial charge in [0, 0.05) is 87.1 Å². The Morgan fingerprint density at radius 2 is 1.01 bits per heavy atom. The Hall–Kier alpha value is -5.50. The topological polar surface area (TPSA) is 193 Å². The molecule has 4 aromatic carbocycles. The van der Waals surface area contributed by atoms with Crippen LogP contribution in [0.2, 0.25) is 0 Å². The molecule has 1 fully saturated rings. The molecule has 1 saturated heterocycles. The fourth-order valence-electron chi connectivity index (χ4n) is 6.84. The van der Waals surface area contributed by atoms with Crippen LogP contribution in [0.25, 0.3) is 0 Å². The van der Waals surface area contributed by atoms with E-state index in [1.54, 1.807) is 55.9 Å². The molecule has 0 unspecified atom stereocenters. The largest absolute Gasteiger partial charge is 0.493 e. The number of carbonyl (C=O) groups is 4. The van der Waals surface area contributed by atoms with Gasteiger partial charge in [-0.2, -0.15) is 23.5 Å². The highest BCUT2D eigenvalue weighted by molar-refractivity contribution is 8.00. The summed E-state index contributed by atoms with van der Waals surface area (Å²) in [5.41, 5.74) is 9.30. The van der Waals surface area contributed by atoms with Crippen molar-refractivity contribution in [1.29, 1.82) is 0 Å². The quantitative estimate of drug-likeness (QED) is 0.0495. The van der Waals surface area contributed by atoms with Crippen LogP contribution in [0.5, 0.6) is 34.5 Å². The van der Waals surface area contributed by atoms with Crippen LogP contribution in [0, 0.1) is 10.8 Å². The molecule has 1 aliphatic heterocycles. The molecule has 3 amide bonds. The van der Waals surface area contributed by atoms with Crippen molar-refractivity contribution in [3.63, 3.8) is 0 Å². The van der Waals surface area contributed by atoms with Crippen LogP contribution < -0.4 is 45.5 Å². The molecule has 16 nitrogen and oxygen atoms in total. The van der Waals surface area contributed by atoms with Crippen LogP contribution in [0.1, 0.15) is 119 Å². The summed E-state index contributed by atoms with van der Waals surface area (Å²) in [5.74, 6) is 4.37. The van der Waals surface area contributed by atoms with Crippen LogP contribution in [0.3, 0.4) is 0 Å². The zero-order valence-corrected chi connectivity index (χ0v) is 54.0. The molecule has 0 aliphatic carbocycles. The number of anilines is 2. The summed E-state index contributed by atoms with van der Waals surface area (Å²) in [4.78, 5) is 53.5. The van der Waals surface area contributed by atoms with Gasteiger partial charge in [0.2, 0.25) is 17.7 Å². The maximum Gasteiger partial charge on any atom is 0.310 e. The highest BCUT2D eigenvalue weighted by Crippen LogP contribution is 2.40. The van der Waals surface area contributed by atoms with E-state index in [-0.39, 0.29) is 59.2 Å². The monoisotopic (exact) mass is 1160 g/mol. The lowest BCUT2D eigenvalue weighted by Crippen LogP contribution is -3.02. The fraction of sp³-hybridized carbons (Fsp3) is 0.556. The van der Waals surface area contributed by atoms with E-state index < -0.39 is 10.8 Å². The molecule has 0 aromatic heterocycles. The number of hydrogen-bond acceptors (Lipinski definition) is 14. The van der Waals surface area contributed by atoms with Gasteiger partial charge in [0.15, 0.2) is 23.0 Å². The number of carbonyl (C=O) groups excluding carboxylic acids is 4. The van der Waals surface area contributed by atoms with Crippen LogP contribution in [0.4, 0.5) is 11.4 Å². The van der Waals surface area contributed by atoms with Gasteiger partial charge in [-0.1, -0.05) is 109 Å². The average molecular weight is 1160 g/mol. The SMILES string of the molecule is CC.COc1ccc(CC(=O)NCCN2CCOCC2)cc1Oc1ccc(NC(=O)C(C)(C)C)cc1CSC(C)(C)C.COc1ccc(CC(=O)OCCN)cc1Oc1ccc(NC(=O)C(C)(C)C)cc1CSC(C)(C)C.C[NH+](C)C. The Kier molecular flexibility index (Phi) is 30.8. The third-order valence-electron chi connectivity index (χ3n) is 11.2. The second-order valence-electron chi connectivity index (χ2n) is 23.7. The number of ether oxygens (including phenoxy) is 6. The normalized spacial score (nSPS) is 12.7. The number of methoxy groups -OCH3 is 2. The van der Waals surface area contributed by atoms with Crippen LogP contribution in [-0.4, -0.2) is 126 Å². The lowest BCUT2D eigenvalue weighted by atomic mass is 9.95. The lowest BCUT2D eigenvalue weighted by Gasteiger charge is -2.26. The maximum atomic E-state index is 12.6. The summed E-state index contributed by atoms with van der Waals surface area (Å²) in [7, 11) is 9.42. The Bertz CT molecular complexity index is 2580. The number of morpholine rings is 1. The van der Waals surface area contributed by atoms with E-state index in [1.807, 2.05) is 110 Å². The molecule has 1 heterocycles. The number of esters is 1. The summed E-state index contributed by atoms with van der Waals surface area (Å²) in [5, 5.41) is 9.03. The summed E-state index contributed by atoms with van der Waals surface area (Å²) < 4.78 is 34.3. The molecule has 18 heteroatoms. The molecule has 1 aliphatic rings. The van der Waals surface area contributed by atoms with Gasteiger partial charge in [0.05, 0.1) is 61.4 Å². The fourth-order valence-corrected chi connectivity index (χ4v) is 8.47. The Balaban J connectivity index is 0.000000508. The molecule has 5 rings (SSSR count). The van der Waals surface area contributed by atoms with Crippen LogP contribution in [-0.2, 0) is 53.0 Å². The average Bonchev–Trinajstić information content (AvgIpc) is 3.40. The molecule has 0 radical (unpaired) electrons. The van der Waals surface area contributed by atoms with Crippen molar-refractivity contribution >= 4 is 58.6 Å². The number of thioether (sulfide) groups is 2. The number of rotatable bonds is 21. The van der Waals surface area contributed by atoms with Crippen molar-refractivity contribution in [3.05, 3.63) is 95.1 Å². The predicted octanol–water partition coefficient (Wildman–Crippen LogP) is 10.8. The lowest BCUT2D eigenvalue weighted by molar-refractivity contribution is -0.836. The van der Waals surface area contributed by atoms with E-state index >= 15 is 0 Å². The summed E-state index contributed by atoms with van der Waals surface area (Å²) in [6.07, 6.45) is 0.346. The van der Waals surface area contributed by atoms with Gasteiger partial charge >= 0.3 is 5.97 Å². The third kappa shape index (κ3) is 28.9. The number of nitrogens with zero attached hydrogens (tertiary/aromatic N) is 1. The van der Waals surface area contributed by atoms with Gasteiger partial charge in [0.1, 0.15) is 18.1 Å². The first-order valence-corrected chi connectivity index (χ1v) is 29.9. The van der Waals surface area contributed by atoms with E-state index in [9.17, 15) is 19.2 Å². The van der Waals surface area contributed by atoms with E-state index in [0.717, 1.165) is 60.8 Å². The van der Waals surface area contributed by atoms with E-state index in [1.165, 1.54) is 4.90 Å². The second-order valence-corrected chi connectivity index (χ2v) is 27.3. The predicted molar refractivity (Wildman–Crippen MR) is 335 cm³/mol. The molecule has 0 bridgehead atoms. The molecule has 4 aromatic rings. The number of nitrogens with two attached hydrogens (primary N) is 1. The summed E-state index contributed by atoms with van der Waals surface area (Å²) in [6, 6.07) is 22.2. The van der Waals surface area contributed by atoms with Gasteiger partial charge in [0.25, 0.3) is 0 Å². The number of amides is 3. The Morgan fingerprint density at radius 3 is 1.40 bits per heavy atom. The Labute approximate surface area is 494 Å². The molecule has 81 heavy (non-hydrogen) atoms. The molecule has 6 N–H and O–H groups in total. The third-order valence-corrected chi connectivity index (χ3v) is 13.8. The van der Waals surface area contributed by atoms with Gasteiger partial charge in [-0.25, -0.2) is 0 Å². The minimum atomic E-state index is -0.505. The number of quaternary nitrogens is 1. The summed E-state index contributed by atoms with van der Waals surface area (Å²) in [6.45, 7) is 33.4. The van der Waals surface area contributed by atoms with Crippen molar-refractivity contribution in [2.24, 2.45) is 16.6 Å². The maximum absolute atomic E-state index is 12.6. The van der Waals surface area contributed by atoms with Gasteiger partial charge in [-0.3, -0.25) is 24.1 Å². The zero-order chi connectivity index (χ0) is 61.1. The molecular formula is C63H99N6O10S2+. The van der Waals surface area contributed by atoms with Crippen LogP contribution >= 0.6 is 23.5 Å². The van der Waals surface area contributed by atoms with Crippen molar-refractivity contribution in [2.45, 2.75) is 131 Å². The Morgan fingerprint density at radius 1 is 0.605 bits per heavy atom. The van der Waals surface area contributed by atoms with Crippen LogP contribution in [0.15, 0.2) is 72.8 Å². The van der Waals surface area contributed by atoms with E-state index in [0.29, 0.717) is 58.2 Å². The first-order valence-electron chi connectivity index (χ1n) is 27.9. The smallest absolute Gasteiger partial charge is 0.310 e. The van der Waals surface area contributed by atoms with Crippen molar-refractivity contribution in [2.75, 3.05) is 98.5 Å². The van der Waals surface area contributed by atoms with Crippen molar-refractivity contribution in [3.8, 4) is 34.5 Å². The zero-order valence-electron chi connectivity index (χ0n) is 52.3. The molecule has 0 saturated carbocycles. The minimum absolute atomic E-state index is 0.0365. The van der Waals surface area contributed by atoms with Crippen molar-refractivity contribution < 1.29 is 52.5 Å². The van der Waals surface area contributed by atoms with E-state index in [2.05, 4.69) is 83.5 Å². The minimum Gasteiger partial charge on any atom is -0.493 e. The van der Waals surface area contributed by atoms with Gasteiger partial charge in [-0.05, 0) is 71.8 Å². The van der Waals surface area contributed by atoms with Gasteiger partial charge < -0.3 is 55.0 Å². The van der Waals surface area contributed by atoms with Crippen molar-refractivity contribution in [1.82, 2.24) is 10.2 Å².